The van der Waals surface area contributed by atoms with E-state index in [0.717, 1.165) is 19.4 Å². The lowest BCUT2D eigenvalue weighted by atomic mass is 9.74. The smallest absolute Gasteiger partial charge is 0.260 e. The largest absolute Gasteiger partial charge is 0.383 e. The van der Waals surface area contributed by atoms with Crippen LogP contribution in [0.25, 0.3) is 11.1 Å². The number of sulfonamides is 1. The zero-order valence-corrected chi connectivity index (χ0v) is 23.3. The van der Waals surface area contributed by atoms with Crippen LogP contribution in [0.4, 0.5) is 0 Å². The van der Waals surface area contributed by atoms with E-state index in [1.807, 2.05) is 6.92 Å². The quantitative estimate of drug-likeness (QED) is 0.484. The molecule has 5 rings (SSSR count). The molecule has 8 heteroatoms. The second kappa shape index (κ2) is 10.3. The summed E-state index contributed by atoms with van der Waals surface area (Å²) < 4.78 is 36.4. The van der Waals surface area contributed by atoms with Crippen LogP contribution in [0.1, 0.15) is 41.3 Å². The molecule has 0 aliphatic carbocycles. The van der Waals surface area contributed by atoms with Crippen molar-refractivity contribution in [2.24, 2.45) is 7.05 Å². The average Bonchev–Trinajstić information content (AvgIpc) is 3.21. The molecule has 3 aromatic rings. The summed E-state index contributed by atoms with van der Waals surface area (Å²) in [6.45, 7) is 8.74. The Bertz CT molecular complexity index is 1370. The van der Waals surface area contributed by atoms with Crippen LogP contribution in [0.3, 0.4) is 0 Å². The summed E-state index contributed by atoms with van der Waals surface area (Å²) in [5, 5.41) is 0.263. The standard InChI is InChI=1S/C29H38N4O3S/c1-20-9-8-10-25(21(20)2)23-11-13-24(14-12-23)29-26-18-32(15-6-7-16-33(26)27(29)19-36-5)37(34,35)28-17-30-22(3)31(28)4/h8-14,17,26-27,29H,6-7,15-16,18-19H2,1-5H3/t26?,27-,29+/m1/s1. The molecule has 7 nitrogen and oxygen atoms in total. The van der Waals surface area contributed by atoms with Crippen LogP contribution in [0.2, 0.25) is 0 Å². The monoisotopic (exact) mass is 522 g/mol. The first-order valence-corrected chi connectivity index (χ1v) is 14.6. The van der Waals surface area contributed by atoms with Crippen molar-refractivity contribution >= 4 is 10.0 Å². The number of hydrogen-bond donors (Lipinski definition) is 0. The third kappa shape index (κ3) is 4.65. The van der Waals surface area contributed by atoms with E-state index in [1.54, 1.807) is 23.0 Å². The van der Waals surface area contributed by atoms with Gasteiger partial charge in [0.25, 0.3) is 10.0 Å². The second-order valence-corrected chi connectivity index (χ2v) is 12.4. The summed E-state index contributed by atoms with van der Waals surface area (Å²) in [7, 11) is -0.128. The Hall–Kier alpha value is -2.52. The zero-order valence-electron chi connectivity index (χ0n) is 22.5. The van der Waals surface area contributed by atoms with E-state index in [9.17, 15) is 8.42 Å². The minimum atomic E-state index is -3.64. The van der Waals surface area contributed by atoms with Gasteiger partial charge < -0.3 is 9.30 Å². The van der Waals surface area contributed by atoms with Crippen molar-refractivity contribution in [3.8, 4) is 11.1 Å². The lowest BCUT2D eigenvalue weighted by Gasteiger charge is -2.57. The average molecular weight is 523 g/mol. The number of benzene rings is 2. The molecule has 3 heterocycles. The number of aromatic nitrogens is 2. The van der Waals surface area contributed by atoms with Gasteiger partial charge >= 0.3 is 0 Å². The lowest BCUT2D eigenvalue weighted by Crippen LogP contribution is -2.68. The van der Waals surface area contributed by atoms with E-state index in [1.165, 1.54) is 34.0 Å². The molecule has 0 N–H and O–H groups in total. The molecule has 1 aromatic heterocycles. The fourth-order valence-electron chi connectivity index (χ4n) is 6.08. The molecule has 2 aliphatic rings. The third-order valence-electron chi connectivity index (χ3n) is 8.48. The Kier molecular flexibility index (Phi) is 7.29. The predicted molar refractivity (Wildman–Crippen MR) is 146 cm³/mol. The highest BCUT2D eigenvalue weighted by atomic mass is 32.2. The van der Waals surface area contributed by atoms with Crippen molar-refractivity contribution < 1.29 is 13.2 Å². The maximum Gasteiger partial charge on any atom is 0.260 e. The Labute approximate surface area is 221 Å². The minimum absolute atomic E-state index is 0.108. The minimum Gasteiger partial charge on any atom is -0.383 e. The first-order chi connectivity index (χ1) is 17.7. The van der Waals surface area contributed by atoms with Crippen LogP contribution >= 0.6 is 0 Å². The Morgan fingerprint density at radius 1 is 1.03 bits per heavy atom. The van der Waals surface area contributed by atoms with Crippen LogP contribution in [-0.2, 0) is 21.8 Å². The van der Waals surface area contributed by atoms with Crippen molar-refractivity contribution in [2.45, 2.75) is 56.6 Å². The number of aryl methyl sites for hydroxylation is 2. The Morgan fingerprint density at radius 2 is 1.76 bits per heavy atom. The molecule has 0 saturated carbocycles. The molecule has 2 aliphatic heterocycles. The van der Waals surface area contributed by atoms with Gasteiger partial charge in [0, 0.05) is 45.2 Å². The highest BCUT2D eigenvalue weighted by molar-refractivity contribution is 7.89. The van der Waals surface area contributed by atoms with E-state index >= 15 is 0 Å². The van der Waals surface area contributed by atoms with Crippen LogP contribution in [0, 0.1) is 20.8 Å². The van der Waals surface area contributed by atoms with Gasteiger partial charge in [0.15, 0.2) is 5.03 Å². The third-order valence-corrected chi connectivity index (χ3v) is 10.4. The predicted octanol–water partition coefficient (Wildman–Crippen LogP) is 4.28. The SMILES string of the molecule is COC[C@@H]1[C@@H](c2ccc(-c3cccc(C)c3C)cc2)C2CN(S(=O)(=O)c3cnc(C)n3C)CCCCN21. The summed E-state index contributed by atoms with van der Waals surface area (Å²) in [5.41, 5.74) is 6.29. The molecule has 0 radical (unpaired) electrons. The highest BCUT2D eigenvalue weighted by Crippen LogP contribution is 2.43. The van der Waals surface area contributed by atoms with Crippen molar-refractivity contribution in [1.82, 2.24) is 18.8 Å². The van der Waals surface area contributed by atoms with Gasteiger partial charge in [-0.15, -0.1) is 0 Å². The van der Waals surface area contributed by atoms with E-state index < -0.39 is 10.0 Å². The normalized spacial score (nSPS) is 23.2. The number of methoxy groups -OCH3 is 1. The first-order valence-electron chi connectivity index (χ1n) is 13.1. The van der Waals surface area contributed by atoms with Crippen molar-refractivity contribution in [3.63, 3.8) is 0 Å². The van der Waals surface area contributed by atoms with Gasteiger partial charge in [-0.25, -0.2) is 13.4 Å². The topological polar surface area (TPSA) is 67.7 Å². The maximum atomic E-state index is 13.7. The molecule has 1 unspecified atom stereocenters. The fraction of sp³-hybridized carbons (Fsp3) is 0.483. The molecule has 2 fully saturated rings. The van der Waals surface area contributed by atoms with E-state index in [2.05, 4.69) is 66.2 Å². The molecule has 0 spiro atoms. The molecule has 2 saturated heterocycles. The van der Waals surface area contributed by atoms with Crippen molar-refractivity contribution in [3.05, 3.63) is 71.2 Å². The van der Waals surface area contributed by atoms with Gasteiger partial charge in [-0.05, 0) is 68.0 Å². The number of fused-ring (bicyclic) bond motifs is 1. The summed E-state index contributed by atoms with van der Waals surface area (Å²) in [4.78, 5) is 6.70. The van der Waals surface area contributed by atoms with Gasteiger partial charge in [-0.3, -0.25) is 4.90 Å². The Morgan fingerprint density at radius 3 is 2.43 bits per heavy atom. The number of hydrogen-bond acceptors (Lipinski definition) is 5. The van der Waals surface area contributed by atoms with E-state index in [-0.39, 0.29) is 23.0 Å². The van der Waals surface area contributed by atoms with Gasteiger partial charge in [-0.2, -0.15) is 4.31 Å². The second-order valence-electron chi connectivity index (χ2n) is 10.5. The molecule has 0 bridgehead atoms. The Balaban J connectivity index is 1.45. The van der Waals surface area contributed by atoms with Crippen molar-refractivity contribution in [1.29, 1.82) is 0 Å². The van der Waals surface area contributed by atoms with Crippen LogP contribution in [0.5, 0.6) is 0 Å². The molecule has 0 amide bonds. The summed E-state index contributed by atoms with van der Waals surface area (Å²) >= 11 is 0. The van der Waals surface area contributed by atoms with Crippen LogP contribution in [0.15, 0.2) is 53.7 Å². The van der Waals surface area contributed by atoms with E-state index in [0.29, 0.717) is 25.5 Å². The van der Waals surface area contributed by atoms with Gasteiger partial charge in [-0.1, -0.05) is 42.5 Å². The van der Waals surface area contributed by atoms with Gasteiger partial charge in [0.05, 0.1) is 12.8 Å². The van der Waals surface area contributed by atoms with Crippen LogP contribution < -0.4 is 0 Å². The molecule has 3 atom stereocenters. The molecule has 37 heavy (non-hydrogen) atoms. The number of nitrogens with zero attached hydrogens (tertiary/aromatic N) is 4. The van der Waals surface area contributed by atoms with Crippen LogP contribution in [-0.4, -0.2) is 72.6 Å². The fourth-order valence-corrected chi connectivity index (χ4v) is 7.73. The first kappa shape index (κ1) is 26.1. The molecular weight excluding hydrogens is 484 g/mol. The van der Waals surface area contributed by atoms with Gasteiger partial charge in [0.2, 0.25) is 0 Å². The molecular formula is C29H38N4O3S. The number of imidazole rings is 1. The van der Waals surface area contributed by atoms with Crippen molar-refractivity contribution in [2.75, 3.05) is 33.4 Å². The molecule has 198 valence electrons. The van der Waals surface area contributed by atoms with Gasteiger partial charge in [0.1, 0.15) is 5.82 Å². The lowest BCUT2D eigenvalue weighted by molar-refractivity contribution is -0.0635. The number of ether oxygens (including phenoxy) is 1. The van der Waals surface area contributed by atoms with E-state index in [4.69, 9.17) is 4.74 Å². The summed E-state index contributed by atoms with van der Waals surface area (Å²) in [6, 6.07) is 15.6. The molecule has 2 aromatic carbocycles. The highest BCUT2D eigenvalue weighted by Gasteiger charge is 2.50. The maximum absolute atomic E-state index is 13.7. The zero-order chi connectivity index (χ0) is 26.3. The summed E-state index contributed by atoms with van der Waals surface area (Å²) in [6.07, 6.45) is 3.29. The number of rotatable bonds is 6. The summed E-state index contributed by atoms with van der Waals surface area (Å²) in [5.74, 6) is 0.898.